The van der Waals surface area contributed by atoms with Gasteiger partial charge in [-0.25, -0.2) is 0 Å². The number of rotatable bonds is 6. The van der Waals surface area contributed by atoms with Crippen molar-refractivity contribution in [2.24, 2.45) is 5.92 Å². The SMILES string of the molecule is COC(=O)CCC1CCC(NC(=O)c2ccc(C3(C)CCNCC3)cc2)CC1.Cl. The van der Waals surface area contributed by atoms with E-state index in [0.29, 0.717) is 12.3 Å². The van der Waals surface area contributed by atoms with Crippen molar-refractivity contribution in [1.82, 2.24) is 10.6 Å². The number of carbonyl (C=O) groups excluding carboxylic acids is 2. The van der Waals surface area contributed by atoms with Gasteiger partial charge in [0.1, 0.15) is 0 Å². The summed E-state index contributed by atoms with van der Waals surface area (Å²) in [6, 6.07) is 8.44. The van der Waals surface area contributed by atoms with Crippen LogP contribution in [0.1, 0.15) is 74.2 Å². The zero-order chi connectivity index (χ0) is 20.0. The fourth-order valence-electron chi connectivity index (χ4n) is 4.58. The minimum Gasteiger partial charge on any atom is -0.469 e. The van der Waals surface area contributed by atoms with E-state index < -0.39 is 0 Å². The second kappa shape index (κ2) is 11.0. The standard InChI is InChI=1S/C23H34N2O3.ClH/c1-23(13-15-24-16-14-23)19-8-6-18(7-9-19)22(27)25-20-10-3-17(4-11-20)5-12-21(26)28-2;/h6-9,17,20,24H,3-5,10-16H2,1-2H3,(H,25,27);1H. The molecule has 6 heteroatoms. The fraction of sp³-hybridized carbons (Fsp3) is 0.652. The maximum atomic E-state index is 12.6. The van der Waals surface area contributed by atoms with Crippen molar-refractivity contribution in [1.29, 1.82) is 0 Å². The van der Waals surface area contributed by atoms with Gasteiger partial charge < -0.3 is 15.4 Å². The number of hydrogen-bond donors (Lipinski definition) is 2. The van der Waals surface area contributed by atoms with E-state index in [1.807, 2.05) is 12.1 Å². The molecule has 3 rings (SSSR count). The molecular formula is C23H35ClN2O3. The maximum absolute atomic E-state index is 12.6. The summed E-state index contributed by atoms with van der Waals surface area (Å²) in [6.45, 7) is 4.43. The average Bonchev–Trinajstić information content (AvgIpc) is 2.73. The topological polar surface area (TPSA) is 67.4 Å². The van der Waals surface area contributed by atoms with E-state index in [1.165, 1.54) is 12.7 Å². The number of hydrogen-bond acceptors (Lipinski definition) is 4. The Hall–Kier alpha value is -1.59. The van der Waals surface area contributed by atoms with Crippen LogP contribution in [0.3, 0.4) is 0 Å². The van der Waals surface area contributed by atoms with Gasteiger partial charge in [0.15, 0.2) is 0 Å². The lowest BCUT2D eigenvalue weighted by molar-refractivity contribution is -0.141. The molecule has 2 aliphatic rings. The Balaban J connectivity index is 0.00000300. The average molecular weight is 423 g/mol. The third-order valence-electron chi connectivity index (χ3n) is 6.72. The van der Waals surface area contributed by atoms with Crippen LogP contribution in [0, 0.1) is 5.92 Å². The van der Waals surface area contributed by atoms with E-state index in [0.717, 1.165) is 63.6 Å². The van der Waals surface area contributed by atoms with Crippen LogP contribution in [0.2, 0.25) is 0 Å². The Bertz CT molecular complexity index is 663. The molecule has 0 aromatic heterocycles. The summed E-state index contributed by atoms with van der Waals surface area (Å²) in [5.41, 5.74) is 2.29. The van der Waals surface area contributed by atoms with Gasteiger partial charge in [0, 0.05) is 18.0 Å². The molecule has 0 spiro atoms. The summed E-state index contributed by atoms with van der Waals surface area (Å²) in [5.74, 6) is 0.467. The van der Waals surface area contributed by atoms with Gasteiger partial charge in [-0.15, -0.1) is 12.4 Å². The molecule has 0 radical (unpaired) electrons. The molecule has 162 valence electrons. The van der Waals surface area contributed by atoms with E-state index in [4.69, 9.17) is 4.74 Å². The van der Waals surface area contributed by atoms with Crippen molar-refractivity contribution in [3.8, 4) is 0 Å². The molecule has 1 aromatic rings. The van der Waals surface area contributed by atoms with Gasteiger partial charge in [0.25, 0.3) is 5.91 Å². The maximum Gasteiger partial charge on any atom is 0.305 e. The molecule has 0 unspecified atom stereocenters. The molecule has 0 bridgehead atoms. The first-order chi connectivity index (χ1) is 13.5. The molecule has 1 aliphatic carbocycles. The summed E-state index contributed by atoms with van der Waals surface area (Å²) < 4.78 is 4.72. The van der Waals surface area contributed by atoms with Crippen LogP contribution in [0.5, 0.6) is 0 Å². The minimum atomic E-state index is -0.128. The van der Waals surface area contributed by atoms with Crippen LogP contribution in [-0.2, 0) is 14.9 Å². The number of nitrogens with one attached hydrogen (secondary N) is 2. The molecule has 1 amide bonds. The van der Waals surface area contributed by atoms with Gasteiger partial charge in [-0.3, -0.25) is 9.59 Å². The first-order valence-corrected chi connectivity index (χ1v) is 10.7. The highest BCUT2D eigenvalue weighted by Gasteiger charge is 2.29. The van der Waals surface area contributed by atoms with Crippen LogP contribution in [0.15, 0.2) is 24.3 Å². The third kappa shape index (κ3) is 6.45. The number of halogens is 1. The smallest absolute Gasteiger partial charge is 0.305 e. The van der Waals surface area contributed by atoms with E-state index >= 15 is 0 Å². The molecule has 2 N–H and O–H groups in total. The van der Waals surface area contributed by atoms with Crippen LogP contribution >= 0.6 is 12.4 Å². The van der Waals surface area contributed by atoms with Crippen LogP contribution in [0.4, 0.5) is 0 Å². The number of esters is 1. The zero-order valence-corrected chi connectivity index (χ0v) is 18.5. The van der Waals surface area contributed by atoms with Crippen molar-refractivity contribution in [3.63, 3.8) is 0 Å². The van der Waals surface area contributed by atoms with Crippen LogP contribution in [-0.4, -0.2) is 38.1 Å². The van der Waals surface area contributed by atoms with Crippen molar-refractivity contribution in [2.45, 2.75) is 69.7 Å². The zero-order valence-electron chi connectivity index (χ0n) is 17.7. The normalized spacial score (nSPS) is 23.5. The second-order valence-corrected chi connectivity index (χ2v) is 8.69. The quantitative estimate of drug-likeness (QED) is 0.680. The molecule has 1 saturated heterocycles. The molecule has 1 saturated carbocycles. The van der Waals surface area contributed by atoms with Gasteiger partial charge in [0.2, 0.25) is 0 Å². The molecule has 1 aliphatic heterocycles. The monoisotopic (exact) mass is 422 g/mol. The van der Waals surface area contributed by atoms with Gasteiger partial charge in [-0.1, -0.05) is 19.1 Å². The molecule has 0 atom stereocenters. The third-order valence-corrected chi connectivity index (χ3v) is 6.72. The minimum absolute atomic E-state index is 0. The highest BCUT2D eigenvalue weighted by Crippen LogP contribution is 2.33. The van der Waals surface area contributed by atoms with E-state index in [9.17, 15) is 9.59 Å². The largest absolute Gasteiger partial charge is 0.469 e. The number of benzene rings is 1. The lowest BCUT2D eigenvalue weighted by Gasteiger charge is -2.34. The Morgan fingerprint density at radius 1 is 1.10 bits per heavy atom. The molecular weight excluding hydrogens is 388 g/mol. The van der Waals surface area contributed by atoms with Crippen molar-refractivity contribution >= 4 is 24.3 Å². The highest BCUT2D eigenvalue weighted by atomic mass is 35.5. The first kappa shape index (κ1) is 23.7. The lowest BCUT2D eigenvalue weighted by atomic mass is 9.75. The van der Waals surface area contributed by atoms with E-state index in [-0.39, 0.29) is 35.7 Å². The molecule has 2 fully saturated rings. The summed E-state index contributed by atoms with van der Waals surface area (Å²) in [4.78, 5) is 23.9. The van der Waals surface area contributed by atoms with Crippen molar-refractivity contribution in [2.75, 3.05) is 20.2 Å². The molecule has 29 heavy (non-hydrogen) atoms. The molecule has 1 aromatic carbocycles. The summed E-state index contributed by atoms with van der Waals surface area (Å²) in [7, 11) is 1.44. The van der Waals surface area contributed by atoms with Gasteiger partial charge in [-0.2, -0.15) is 0 Å². The summed E-state index contributed by atoms with van der Waals surface area (Å²) in [6.07, 6.45) is 7.76. The number of carbonyl (C=O) groups is 2. The summed E-state index contributed by atoms with van der Waals surface area (Å²) >= 11 is 0. The van der Waals surface area contributed by atoms with E-state index in [1.54, 1.807) is 0 Å². The predicted molar refractivity (Wildman–Crippen MR) is 118 cm³/mol. The number of ether oxygens (including phenoxy) is 1. The van der Waals surface area contributed by atoms with E-state index in [2.05, 4.69) is 29.7 Å². The first-order valence-electron chi connectivity index (χ1n) is 10.7. The van der Waals surface area contributed by atoms with Gasteiger partial charge in [-0.05, 0) is 87.1 Å². The Labute approximate surface area is 180 Å². The summed E-state index contributed by atoms with van der Waals surface area (Å²) in [5, 5.41) is 6.62. The molecule has 5 nitrogen and oxygen atoms in total. The number of methoxy groups -OCH3 is 1. The van der Waals surface area contributed by atoms with Gasteiger partial charge in [0.05, 0.1) is 7.11 Å². The van der Waals surface area contributed by atoms with Crippen molar-refractivity contribution in [3.05, 3.63) is 35.4 Å². The number of piperidine rings is 1. The van der Waals surface area contributed by atoms with Gasteiger partial charge >= 0.3 is 5.97 Å². The predicted octanol–water partition coefficient (Wildman–Crippen LogP) is 3.99. The van der Waals surface area contributed by atoms with Crippen LogP contribution < -0.4 is 10.6 Å². The lowest BCUT2D eigenvalue weighted by Crippen LogP contribution is -2.38. The Morgan fingerprint density at radius 2 is 1.72 bits per heavy atom. The van der Waals surface area contributed by atoms with Crippen molar-refractivity contribution < 1.29 is 14.3 Å². The number of amides is 1. The van der Waals surface area contributed by atoms with Crippen LogP contribution in [0.25, 0.3) is 0 Å². The Morgan fingerprint density at radius 3 is 2.31 bits per heavy atom. The highest BCUT2D eigenvalue weighted by molar-refractivity contribution is 5.94. The molecule has 1 heterocycles. The Kier molecular flexibility index (Phi) is 8.97. The fourth-order valence-corrected chi connectivity index (χ4v) is 4.58. The second-order valence-electron chi connectivity index (χ2n) is 8.69.